The van der Waals surface area contributed by atoms with Crippen LogP contribution in [-0.2, 0) is 22.4 Å². The van der Waals surface area contributed by atoms with Gasteiger partial charge < -0.3 is 10.2 Å². The highest BCUT2D eigenvalue weighted by Crippen LogP contribution is 2.25. The van der Waals surface area contributed by atoms with Gasteiger partial charge in [0.25, 0.3) is 0 Å². The minimum Gasteiger partial charge on any atom is -0.343 e. The van der Waals surface area contributed by atoms with Crippen LogP contribution in [0.4, 0.5) is 5.69 Å². The second-order valence-corrected chi connectivity index (χ2v) is 7.59. The average Bonchev–Trinajstić information content (AvgIpc) is 2.74. The summed E-state index contributed by atoms with van der Waals surface area (Å²) in [6, 6.07) is 16.2. The maximum atomic E-state index is 12.8. The van der Waals surface area contributed by atoms with E-state index < -0.39 is 0 Å². The van der Waals surface area contributed by atoms with Gasteiger partial charge in [-0.25, -0.2) is 0 Å². The van der Waals surface area contributed by atoms with E-state index in [-0.39, 0.29) is 17.7 Å². The fourth-order valence-corrected chi connectivity index (χ4v) is 3.87. The van der Waals surface area contributed by atoms with E-state index in [9.17, 15) is 9.59 Å². The van der Waals surface area contributed by atoms with Crippen molar-refractivity contribution in [1.29, 1.82) is 0 Å². The van der Waals surface area contributed by atoms with Crippen LogP contribution in [0.5, 0.6) is 0 Å². The van der Waals surface area contributed by atoms with Crippen LogP contribution in [0.1, 0.15) is 42.9 Å². The number of piperidine rings is 1. The third-order valence-electron chi connectivity index (χ3n) is 5.68. The number of likely N-dealkylation sites (tertiary alicyclic amines) is 1. The summed E-state index contributed by atoms with van der Waals surface area (Å²) in [6.45, 7) is 5.47. The molecule has 1 N–H and O–H groups in total. The lowest BCUT2D eigenvalue weighted by atomic mass is 9.94. The van der Waals surface area contributed by atoms with Crippen LogP contribution in [0.15, 0.2) is 48.5 Å². The van der Waals surface area contributed by atoms with Crippen LogP contribution in [-0.4, -0.2) is 29.8 Å². The van der Waals surface area contributed by atoms with Crippen LogP contribution in [0.25, 0.3) is 0 Å². The highest BCUT2D eigenvalue weighted by molar-refractivity contribution is 5.94. The van der Waals surface area contributed by atoms with E-state index in [2.05, 4.69) is 30.4 Å². The molecule has 0 spiro atoms. The van der Waals surface area contributed by atoms with Crippen LogP contribution in [0.2, 0.25) is 0 Å². The molecule has 2 aromatic carbocycles. The first kappa shape index (κ1) is 20.1. The fraction of sp³-hybridized carbons (Fsp3) is 0.417. The summed E-state index contributed by atoms with van der Waals surface area (Å²) in [6.07, 6.45) is 3.66. The number of carbonyl (C=O) groups is 2. The van der Waals surface area contributed by atoms with Gasteiger partial charge in [0.05, 0.1) is 0 Å². The van der Waals surface area contributed by atoms with E-state index in [1.807, 2.05) is 42.2 Å². The van der Waals surface area contributed by atoms with E-state index in [4.69, 9.17) is 0 Å². The molecule has 148 valence electrons. The van der Waals surface area contributed by atoms with Gasteiger partial charge in [-0.15, -0.1) is 0 Å². The molecule has 0 aromatic heterocycles. The minimum absolute atomic E-state index is 0.0255. The monoisotopic (exact) mass is 378 g/mol. The molecule has 1 aliphatic heterocycles. The molecule has 0 bridgehead atoms. The number of amides is 2. The van der Waals surface area contributed by atoms with Crippen LogP contribution in [0.3, 0.4) is 0 Å². The van der Waals surface area contributed by atoms with Crippen molar-refractivity contribution in [2.24, 2.45) is 5.92 Å². The molecule has 2 aromatic rings. The van der Waals surface area contributed by atoms with Crippen LogP contribution in [0, 0.1) is 12.8 Å². The molecule has 4 nitrogen and oxygen atoms in total. The number of para-hydroxylation sites is 1. The first-order valence-electron chi connectivity index (χ1n) is 10.3. The minimum atomic E-state index is -0.0255. The van der Waals surface area contributed by atoms with Gasteiger partial charge in [-0.3, -0.25) is 9.59 Å². The van der Waals surface area contributed by atoms with E-state index in [1.54, 1.807) is 0 Å². The van der Waals surface area contributed by atoms with E-state index in [1.165, 1.54) is 11.1 Å². The van der Waals surface area contributed by atoms with E-state index >= 15 is 0 Å². The topological polar surface area (TPSA) is 49.4 Å². The van der Waals surface area contributed by atoms with Crippen molar-refractivity contribution in [1.82, 2.24) is 4.90 Å². The van der Waals surface area contributed by atoms with Gasteiger partial charge in [0.15, 0.2) is 0 Å². The summed E-state index contributed by atoms with van der Waals surface area (Å²) in [5, 5.41) is 3.15. The van der Waals surface area contributed by atoms with Crippen molar-refractivity contribution in [3.8, 4) is 0 Å². The Balaban J connectivity index is 1.49. The zero-order valence-corrected chi connectivity index (χ0v) is 16.9. The van der Waals surface area contributed by atoms with Crippen molar-refractivity contribution in [2.45, 2.75) is 46.0 Å². The smallest absolute Gasteiger partial charge is 0.227 e. The maximum Gasteiger partial charge on any atom is 0.227 e. The zero-order valence-electron chi connectivity index (χ0n) is 16.9. The van der Waals surface area contributed by atoms with Gasteiger partial charge in [0.2, 0.25) is 11.8 Å². The normalized spacial score (nSPS) is 14.7. The summed E-state index contributed by atoms with van der Waals surface area (Å²) in [5.74, 6) is 0.248. The highest BCUT2D eigenvalue weighted by Gasteiger charge is 2.27. The average molecular weight is 379 g/mol. The Kier molecular flexibility index (Phi) is 6.85. The molecule has 0 radical (unpaired) electrons. The Morgan fingerprint density at radius 3 is 2.43 bits per heavy atom. The predicted molar refractivity (Wildman–Crippen MR) is 113 cm³/mol. The fourth-order valence-electron chi connectivity index (χ4n) is 3.87. The zero-order chi connectivity index (χ0) is 19.9. The Bertz CT molecular complexity index is 809. The van der Waals surface area contributed by atoms with Gasteiger partial charge in [-0.1, -0.05) is 55.5 Å². The Hall–Kier alpha value is -2.62. The lowest BCUT2D eigenvalue weighted by Gasteiger charge is -2.31. The van der Waals surface area contributed by atoms with E-state index in [0.29, 0.717) is 19.5 Å². The number of hydrogen-bond donors (Lipinski definition) is 1. The SMILES string of the molecule is CCc1cccc(C)c1NC(=O)C1CCN(C(=O)CCc2ccccc2)CC1. The van der Waals surface area contributed by atoms with Gasteiger partial charge in [-0.2, -0.15) is 0 Å². The maximum absolute atomic E-state index is 12.8. The van der Waals surface area contributed by atoms with Crippen LogP contribution < -0.4 is 5.32 Å². The molecule has 0 saturated carbocycles. The molecule has 1 heterocycles. The van der Waals surface area contributed by atoms with Crippen molar-refractivity contribution in [3.05, 3.63) is 65.2 Å². The Morgan fingerprint density at radius 1 is 1.04 bits per heavy atom. The van der Waals surface area contributed by atoms with Crippen molar-refractivity contribution in [3.63, 3.8) is 0 Å². The largest absolute Gasteiger partial charge is 0.343 e. The molecule has 1 saturated heterocycles. The number of rotatable bonds is 6. The number of hydrogen-bond acceptors (Lipinski definition) is 2. The molecule has 28 heavy (non-hydrogen) atoms. The second kappa shape index (κ2) is 9.54. The lowest BCUT2D eigenvalue weighted by Crippen LogP contribution is -2.41. The summed E-state index contributed by atoms with van der Waals surface area (Å²) < 4.78 is 0. The van der Waals surface area contributed by atoms with Gasteiger partial charge in [-0.05, 0) is 49.3 Å². The number of nitrogens with zero attached hydrogens (tertiary/aromatic N) is 1. The molecule has 1 fully saturated rings. The van der Waals surface area contributed by atoms with Gasteiger partial charge in [0.1, 0.15) is 0 Å². The summed E-state index contributed by atoms with van der Waals surface area (Å²) >= 11 is 0. The summed E-state index contributed by atoms with van der Waals surface area (Å²) in [5.41, 5.74) is 4.41. The Morgan fingerprint density at radius 2 is 1.75 bits per heavy atom. The molecule has 1 aliphatic rings. The number of nitrogens with one attached hydrogen (secondary N) is 1. The van der Waals surface area contributed by atoms with Crippen LogP contribution >= 0.6 is 0 Å². The molecule has 4 heteroatoms. The van der Waals surface area contributed by atoms with Crippen molar-refractivity contribution < 1.29 is 9.59 Å². The summed E-state index contributed by atoms with van der Waals surface area (Å²) in [4.78, 5) is 27.2. The molecule has 0 atom stereocenters. The molecule has 3 rings (SSSR count). The lowest BCUT2D eigenvalue weighted by molar-refractivity contribution is -0.134. The molecular weight excluding hydrogens is 348 g/mol. The predicted octanol–water partition coefficient (Wildman–Crippen LogP) is 4.37. The quantitative estimate of drug-likeness (QED) is 0.811. The number of aryl methyl sites for hydroxylation is 3. The van der Waals surface area contributed by atoms with Gasteiger partial charge in [0, 0.05) is 31.1 Å². The third-order valence-corrected chi connectivity index (χ3v) is 5.68. The first-order chi connectivity index (χ1) is 13.6. The number of carbonyl (C=O) groups excluding carboxylic acids is 2. The molecular formula is C24H30N2O2. The Labute approximate surface area is 167 Å². The summed E-state index contributed by atoms with van der Waals surface area (Å²) in [7, 11) is 0. The molecule has 0 unspecified atom stereocenters. The van der Waals surface area contributed by atoms with Crippen molar-refractivity contribution >= 4 is 17.5 Å². The first-order valence-corrected chi connectivity index (χ1v) is 10.3. The second-order valence-electron chi connectivity index (χ2n) is 7.59. The molecule has 2 amide bonds. The van der Waals surface area contributed by atoms with Crippen molar-refractivity contribution in [2.75, 3.05) is 18.4 Å². The third kappa shape index (κ3) is 5.00. The molecule has 0 aliphatic carbocycles. The van der Waals surface area contributed by atoms with Gasteiger partial charge >= 0.3 is 0 Å². The number of benzene rings is 2. The number of anilines is 1. The standard InChI is InChI=1S/C24H30N2O2/c1-3-20-11-7-8-18(2)23(20)25-24(28)21-14-16-26(17-15-21)22(27)13-12-19-9-5-4-6-10-19/h4-11,21H,3,12-17H2,1-2H3,(H,25,28). The van der Waals surface area contributed by atoms with E-state index in [0.717, 1.165) is 36.9 Å². The highest BCUT2D eigenvalue weighted by atomic mass is 16.2.